The van der Waals surface area contributed by atoms with Crippen molar-refractivity contribution >= 4 is 27.3 Å². The molecule has 2 aromatic carbocycles. The molecule has 6 nitrogen and oxygen atoms in total. The van der Waals surface area contributed by atoms with Crippen molar-refractivity contribution in [2.75, 3.05) is 10.8 Å². The van der Waals surface area contributed by atoms with Crippen molar-refractivity contribution in [1.82, 2.24) is 5.43 Å². The van der Waals surface area contributed by atoms with Crippen molar-refractivity contribution in [3.63, 3.8) is 0 Å². The van der Waals surface area contributed by atoms with Gasteiger partial charge in [-0.2, -0.15) is 5.10 Å². The number of nitrogens with zero attached hydrogens (tertiary/aromatic N) is 2. The minimum Gasteiger partial charge on any atom is -0.271 e. The molecule has 0 atom stereocenters. The van der Waals surface area contributed by atoms with Crippen molar-refractivity contribution < 1.29 is 13.2 Å². The summed E-state index contributed by atoms with van der Waals surface area (Å²) >= 11 is 0. The zero-order valence-corrected chi connectivity index (χ0v) is 22.0. The van der Waals surface area contributed by atoms with Crippen LogP contribution in [0.3, 0.4) is 0 Å². The van der Waals surface area contributed by atoms with E-state index in [1.807, 2.05) is 26.8 Å². The molecule has 0 spiro atoms. The van der Waals surface area contributed by atoms with E-state index in [2.05, 4.69) is 31.3 Å². The van der Waals surface area contributed by atoms with Crippen LogP contribution in [0.15, 0.2) is 52.5 Å². The smallest absolute Gasteiger partial charge is 0.264 e. The van der Waals surface area contributed by atoms with Crippen LogP contribution in [0.25, 0.3) is 0 Å². The molecule has 2 aromatic rings. The summed E-state index contributed by atoms with van der Waals surface area (Å²) in [5.41, 5.74) is 7.08. The van der Waals surface area contributed by atoms with Crippen LogP contribution >= 0.6 is 0 Å². The van der Waals surface area contributed by atoms with Gasteiger partial charge < -0.3 is 0 Å². The monoisotopic (exact) mass is 483 g/mol. The third-order valence-electron chi connectivity index (χ3n) is 6.87. The van der Waals surface area contributed by atoms with Crippen LogP contribution in [0.4, 0.5) is 5.69 Å². The Bertz CT molecular complexity index is 1150. The van der Waals surface area contributed by atoms with Gasteiger partial charge in [-0.3, -0.25) is 9.10 Å². The highest BCUT2D eigenvalue weighted by molar-refractivity contribution is 7.92. The van der Waals surface area contributed by atoms with Gasteiger partial charge in [0.25, 0.3) is 15.9 Å². The van der Waals surface area contributed by atoms with Gasteiger partial charge >= 0.3 is 0 Å². The standard InChI is InChI=1S/C27H37N3O3S/c1-19-10-16-24(17-11-19)34(32,33)30(25-9-7-8-20(2)21(25)3)18-26(31)29-28-23-14-12-22(13-15-23)27(4,5)6/h7-11,16-17,22H,12-15,18H2,1-6H3,(H,29,31). The predicted molar refractivity (Wildman–Crippen MR) is 139 cm³/mol. The molecule has 7 heteroatoms. The quantitative estimate of drug-likeness (QED) is 0.550. The highest BCUT2D eigenvalue weighted by Gasteiger charge is 2.30. The molecule has 0 radical (unpaired) electrons. The molecule has 0 saturated heterocycles. The number of rotatable bonds is 6. The summed E-state index contributed by atoms with van der Waals surface area (Å²) in [5, 5.41) is 4.35. The van der Waals surface area contributed by atoms with E-state index in [0.29, 0.717) is 11.6 Å². The largest absolute Gasteiger partial charge is 0.271 e. The van der Waals surface area contributed by atoms with E-state index in [-0.39, 0.29) is 16.9 Å². The predicted octanol–water partition coefficient (Wildman–Crippen LogP) is 5.52. The van der Waals surface area contributed by atoms with Crippen LogP contribution in [-0.4, -0.2) is 26.6 Å². The fraction of sp³-hybridized carbons (Fsp3) is 0.481. The molecule has 34 heavy (non-hydrogen) atoms. The van der Waals surface area contributed by atoms with Gasteiger partial charge in [0.15, 0.2) is 0 Å². The molecule has 0 bridgehead atoms. The second-order valence-electron chi connectivity index (χ2n) is 10.4. The number of amides is 1. The van der Waals surface area contributed by atoms with Crippen LogP contribution < -0.4 is 9.73 Å². The average Bonchev–Trinajstić information content (AvgIpc) is 2.78. The summed E-state index contributed by atoms with van der Waals surface area (Å²) in [6.45, 7) is 12.1. The molecule has 1 N–H and O–H groups in total. The van der Waals surface area contributed by atoms with Crippen molar-refractivity contribution in [3.05, 3.63) is 59.2 Å². The van der Waals surface area contributed by atoms with Crippen molar-refractivity contribution in [2.24, 2.45) is 16.4 Å². The number of benzene rings is 2. The maximum atomic E-state index is 13.6. The van der Waals surface area contributed by atoms with Crippen LogP contribution in [0.2, 0.25) is 0 Å². The van der Waals surface area contributed by atoms with Gasteiger partial charge in [-0.1, -0.05) is 50.6 Å². The number of hydrogen-bond donors (Lipinski definition) is 1. The van der Waals surface area contributed by atoms with E-state index in [1.165, 1.54) is 4.31 Å². The van der Waals surface area contributed by atoms with Gasteiger partial charge in [-0.15, -0.1) is 0 Å². The lowest BCUT2D eigenvalue weighted by atomic mass is 9.72. The molecule has 0 heterocycles. The Balaban J connectivity index is 1.82. The highest BCUT2D eigenvalue weighted by Crippen LogP contribution is 2.36. The first kappa shape index (κ1) is 25.9. The van der Waals surface area contributed by atoms with E-state index in [9.17, 15) is 13.2 Å². The number of nitrogens with one attached hydrogen (secondary N) is 1. The van der Waals surface area contributed by atoms with Crippen molar-refractivity contribution in [1.29, 1.82) is 0 Å². The molecule has 0 unspecified atom stereocenters. The number of carbonyl (C=O) groups is 1. The Morgan fingerprint density at radius 1 is 1.03 bits per heavy atom. The molecule has 1 aliphatic carbocycles. The molecule has 1 aliphatic rings. The Hall–Kier alpha value is -2.67. The Morgan fingerprint density at radius 2 is 1.65 bits per heavy atom. The van der Waals surface area contributed by atoms with Crippen molar-refractivity contribution in [3.8, 4) is 0 Å². The van der Waals surface area contributed by atoms with Gasteiger partial charge in [-0.05, 0) is 87.1 Å². The minimum atomic E-state index is -3.95. The highest BCUT2D eigenvalue weighted by atomic mass is 32.2. The first-order valence-electron chi connectivity index (χ1n) is 11.9. The number of carbonyl (C=O) groups excluding carboxylic acids is 1. The van der Waals surface area contributed by atoms with E-state index in [0.717, 1.165) is 48.1 Å². The Morgan fingerprint density at radius 3 is 2.24 bits per heavy atom. The first-order chi connectivity index (χ1) is 15.9. The third kappa shape index (κ3) is 6.06. The number of anilines is 1. The number of hydrogen-bond acceptors (Lipinski definition) is 4. The number of hydrazone groups is 1. The van der Waals surface area contributed by atoms with Crippen LogP contribution in [0.1, 0.15) is 63.1 Å². The summed E-state index contributed by atoms with van der Waals surface area (Å²) in [6, 6.07) is 12.1. The second kappa shape index (κ2) is 10.3. The fourth-order valence-corrected chi connectivity index (χ4v) is 5.86. The van der Waals surface area contributed by atoms with Crippen LogP contribution in [-0.2, 0) is 14.8 Å². The topological polar surface area (TPSA) is 78.8 Å². The summed E-state index contributed by atoms with van der Waals surface area (Å²) in [4.78, 5) is 13.0. The lowest BCUT2D eigenvalue weighted by molar-refractivity contribution is -0.119. The van der Waals surface area contributed by atoms with E-state index in [1.54, 1.807) is 36.4 Å². The minimum absolute atomic E-state index is 0.152. The summed E-state index contributed by atoms with van der Waals surface area (Å²) in [7, 11) is -3.95. The maximum absolute atomic E-state index is 13.6. The van der Waals surface area contributed by atoms with Crippen molar-refractivity contribution in [2.45, 2.75) is 72.1 Å². The van der Waals surface area contributed by atoms with Gasteiger partial charge in [-0.25, -0.2) is 13.8 Å². The van der Waals surface area contributed by atoms with Gasteiger partial charge in [0.2, 0.25) is 0 Å². The molecule has 184 valence electrons. The third-order valence-corrected chi connectivity index (χ3v) is 8.64. The molecule has 3 rings (SSSR count). The van der Waals surface area contributed by atoms with E-state index >= 15 is 0 Å². The van der Waals surface area contributed by atoms with E-state index in [4.69, 9.17) is 0 Å². The maximum Gasteiger partial charge on any atom is 0.264 e. The summed E-state index contributed by atoms with van der Waals surface area (Å²) in [6.07, 6.45) is 3.80. The average molecular weight is 484 g/mol. The number of aryl methyl sites for hydroxylation is 2. The molecule has 1 fully saturated rings. The SMILES string of the molecule is Cc1ccc(S(=O)(=O)N(CC(=O)NN=C2CCC(C(C)(C)C)CC2)c2cccc(C)c2C)cc1. The number of sulfonamides is 1. The molecule has 1 amide bonds. The molecule has 1 saturated carbocycles. The Labute approximate surface area is 204 Å². The molecular weight excluding hydrogens is 446 g/mol. The zero-order valence-electron chi connectivity index (χ0n) is 21.2. The lowest BCUT2D eigenvalue weighted by Gasteiger charge is -2.34. The van der Waals surface area contributed by atoms with E-state index < -0.39 is 15.9 Å². The second-order valence-corrected chi connectivity index (χ2v) is 12.3. The fourth-order valence-electron chi connectivity index (χ4n) is 4.38. The summed E-state index contributed by atoms with van der Waals surface area (Å²) < 4.78 is 28.4. The molecule has 0 aliphatic heterocycles. The zero-order chi connectivity index (χ0) is 25.1. The lowest BCUT2D eigenvalue weighted by Crippen LogP contribution is -2.40. The van der Waals surface area contributed by atoms with Crippen LogP contribution in [0.5, 0.6) is 0 Å². The molecular formula is C27H37N3O3S. The summed E-state index contributed by atoms with van der Waals surface area (Å²) in [5.74, 6) is 0.184. The normalized spacial score (nSPS) is 16.8. The van der Waals surface area contributed by atoms with Crippen LogP contribution in [0, 0.1) is 32.1 Å². The first-order valence-corrected chi connectivity index (χ1v) is 13.3. The van der Waals surface area contributed by atoms with Gasteiger partial charge in [0.1, 0.15) is 6.54 Å². The Kier molecular flexibility index (Phi) is 7.86. The molecule has 0 aromatic heterocycles. The van der Waals surface area contributed by atoms with Gasteiger partial charge in [0, 0.05) is 5.71 Å². The van der Waals surface area contributed by atoms with Gasteiger partial charge in [0.05, 0.1) is 10.6 Å².